The zero-order chi connectivity index (χ0) is 6.95. The third kappa shape index (κ3) is 6.76. The molecule has 48 valence electrons. The van der Waals surface area contributed by atoms with E-state index in [4.69, 9.17) is 5.11 Å². The second-order valence-electron chi connectivity index (χ2n) is 1.35. The Labute approximate surface area is 55.3 Å². The molecule has 0 heterocycles. The second kappa shape index (κ2) is 6.76. The molecule has 0 aliphatic rings. The summed E-state index contributed by atoms with van der Waals surface area (Å²) in [6.07, 6.45) is 11.4. The highest BCUT2D eigenvalue weighted by Gasteiger charge is 1.57. The van der Waals surface area contributed by atoms with Crippen molar-refractivity contribution in [1.29, 1.82) is 0 Å². The maximum Gasteiger partial charge on any atom is 0.0791 e. The van der Waals surface area contributed by atoms with Gasteiger partial charge in [-0.25, -0.2) is 0 Å². The quantitative estimate of drug-likeness (QED) is 0.450. The van der Waals surface area contributed by atoms with E-state index in [1.165, 1.54) is 6.08 Å². The van der Waals surface area contributed by atoms with E-state index >= 15 is 0 Å². The topological polar surface area (TPSA) is 20.2 Å². The van der Waals surface area contributed by atoms with Gasteiger partial charge in [-0.1, -0.05) is 37.0 Å². The summed E-state index contributed by atoms with van der Waals surface area (Å²) in [6.45, 7) is 3.49. The zero-order valence-electron chi connectivity index (χ0n) is 5.20. The van der Waals surface area contributed by atoms with Crippen LogP contribution in [0, 0.1) is 0 Å². The third-order valence-corrected chi connectivity index (χ3v) is 0.667. The van der Waals surface area contributed by atoms with Gasteiger partial charge in [0, 0.05) is 0 Å². The minimum atomic E-state index is 0.984. The summed E-state index contributed by atoms with van der Waals surface area (Å²) in [6, 6.07) is 0. The molecule has 0 fully saturated rings. The van der Waals surface area contributed by atoms with Gasteiger partial charge in [-0.15, -0.1) is 0 Å². The van der Waals surface area contributed by atoms with Gasteiger partial charge in [0.05, 0.1) is 6.26 Å². The van der Waals surface area contributed by atoms with Crippen molar-refractivity contribution in [2.75, 3.05) is 0 Å². The lowest BCUT2D eigenvalue weighted by Crippen LogP contribution is -1.49. The Bertz CT molecular complexity index is 141. The van der Waals surface area contributed by atoms with Gasteiger partial charge in [0.2, 0.25) is 0 Å². The molecule has 0 aromatic heterocycles. The number of aliphatic hydroxyl groups excluding tert-OH is 1. The SMILES string of the molecule is C=C/C=C/C=C/C=C/O. The number of hydrogen-bond acceptors (Lipinski definition) is 1. The first-order chi connectivity index (χ1) is 4.41. The maximum atomic E-state index is 8.15. The summed E-state index contributed by atoms with van der Waals surface area (Å²) in [5.41, 5.74) is 0. The predicted molar refractivity (Wildman–Crippen MR) is 40.2 cm³/mol. The van der Waals surface area contributed by atoms with Crippen LogP contribution in [0.15, 0.2) is 49.3 Å². The van der Waals surface area contributed by atoms with Gasteiger partial charge in [0.1, 0.15) is 0 Å². The van der Waals surface area contributed by atoms with Crippen LogP contribution in [0.1, 0.15) is 0 Å². The van der Waals surface area contributed by atoms with Crippen molar-refractivity contribution >= 4 is 0 Å². The van der Waals surface area contributed by atoms with Gasteiger partial charge in [-0.2, -0.15) is 0 Å². The Morgan fingerprint density at radius 2 is 1.44 bits per heavy atom. The van der Waals surface area contributed by atoms with Crippen molar-refractivity contribution in [3.05, 3.63) is 49.3 Å². The lowest BCUT2D eigenvalue weighted by atomic mass is 10.4. The maximum absolute atomic E-state index is 8.15. The fourth-order valence-electron chi connectivity index (χ4n) is 0.321. The number of rotatable bonds is 3. The molecule has 0 saturated carbocycles. The van der Waals surface area contributed by atoms with Crippen LogP contribution in [0.5, 0.6) is 0 Å². The molecule has 0 radical (unpaired) electrons. The lowest BCUT2D eigenvalue weighted by Gasteiger charge is -1.69. The highest BCUT2D eigenvalue weighted by atomic mass is 16.2. The highest BCUT2D eigenvalue weighted by molar-refractivity contribution is 5.13. The van der Waals surface area contributed by atoms with E-state index in [0.29, 0.717) is 0 Å². The molecule has 0 spiro atoms. The molecule has 9 heavy (non-hydrogen) atoms. The van der Waals surface area contributed by atoms with Crippen molar-refractivity contribution in [3.63, 3.8) is 0 Å². The Morgan fingerprint density at radius 3 is 2.00 bits per heavy atom. The summed E-state index contributed by atoms with van der Waals surface area (Å²) in [5.74, 6) is 0. The summed E-state index contributed by atoms with van der Waals surface area (Å²) in [4.78, 5) is 0. The average Bonchev–Trinajstić information content (AvgIpc) is 1.89. The highest BCUT2D eigenvalue weighted by Crippen LogP contribution is 1.78. The fourth-order valence-corrected chi connectivity index (χ4v) is 0.321. The molecular formula is C8H10O. The number of aliphatic hydroxyl groups is 1. The first-order valence-electron chi connectivity index (χ1n) is 2.67. The van der Waals surface area contributed by atoms with E-state index in [-0.39, 0.29) is 0 Å². The van der Waals surface area contributed by atoms with Crippen molar-refractivity contribution in [1.82, 2.24) is 0 Å². The Morgan fingerprint density at radius 1 is 0.889 bits per heavy atom. The van der Waals surface area contributed by atoms with Crippen molar-refractivity contribution in [3.8, 4) is 0 Å². The van der Waals surface area contributed by atoms with Gasteiger partial charge < -0.3 is 5.11 Å². The van der Waals surface area contributed by atoms with E-state index in [2.05, 4.69) is 6.58 Å². The van der Waals surface area contributed by atoms with Crippen molar-refractivity contribution < 1.29 is 5.11 Å². The molecule has 0 rings (SSSR count). The predicted octanol–water partition coefficient (Wildman–Crippen LogP) is 2.36. The van der Waals surface area contributed by atoms with Crippen LogP contribution in [0.4, 0.5) is 0 Å². The molecular weight excluding hydrogens is 112 g/mol. The molecule has 0 unspecified atom stereocenters. The summed E-state index contributed by atoms with van der Waals surface area (Å²) < 4.78 is 0. The van der Waals surface area contributed by atoms with E-state index < -0.39 is 0 Å². The van der Waals surface area contributed by atoms with Gasteiger partial charge in [0.25, 0.3) is 0 Å². The van der Waals surface area contributed by atoms with Crippen LogP contribution in [0.25, 0.3) is 0 Å². The van der Waals surface area contributed by atoms with Crippen LogP contribution in [0.3, 0.4) is 0 Å². The standard InChI is InChI=1S/C8H10O/c1-2-3-4-5-6-7-8-9/h2-9H,1H2/b4-3+,6-5+,8-7+. The minimum absolute atomic E-state index is 0.984. The van der Waals surface area contributed by atoms with E-state index in [1.807, 2.05) is 12.2 Å². The molecule has 0 aliphatic carbocycles. The first-order valence-corrected chi connectivity index (χ1v) is 2.67. The monoisotopic (exact) mass is 122 g/mol. The summed E-state index contributed by atoms with van der Waals surface area (Å²) in [7, 11) is 0. The first kappa shape index (κ1) is 7.76. The zero-order valence-corrected chi connectivity index (χ0v) is 5.20. The van der Waals surface area contributed by atoms with Crippen LogP contribution in [-0.4, -0.2) is 5.11 Å². The molecule has 0 saturated heterocycles. The second-order valence-corrected chi connectivity index (χ2v) is 1.35. The molecule has 0 aliphatic heterocycles. The molecule has 0 amide bonds. The van der Waals surface area contributed by atoms with Gasteiger partial charge in [-0.3, -0.25) is 0 Å². The molecule has 0 atom stereocenters. The van der Waals surface area contributed by atoms with Crippen LogP contribution < -0.4 is 0 Å². The molecule has 0 aromatic rings. The van der Waals surface area contributed by atoms with Crippen molar-refractivity contribution in [2.24, 2.45) is 0 Å². The molecule has 1 heteroatoms. The number of hydrogen-bond donors (Lipinski definition) is 1. The van der Waals surface area contributed by atoms with E-state index in [9.17, 15) is 0 Å². The van der Waals surface area contributed by atoms with Crippen molar-refractivity contribution in [2.45, 2.75) is 0 Å². The smallest absolute Gasteiger partial charge is 0.0791 e. The fraction of sp³-hybridized carbons (Fsp3) is 0. The van der Waals surface area contributed by atoms with Gasteiger partial charge in [0.15, 0.2) is 0 Å². The summed E-state index contributed by atoms with van der Waals surface area (Å²) in [5, 5.41) is 8.15. The molecule has 0 aromatic carbocycles. The molecule has 1 nitrogen and oxygen atoms in total. The Hall–Kier alpha value is -1.24. The van der Waals surface area contributed by atoms with Gasteiger partial charge >= 0.3 is 0 Å². The number of allylic oxidation sites excluding steroid dienone is 6. The third-order valence-electron chi connectivity index (χ3n) is 0.667. The van der Waals surface area contributed by atoms with E-state index in [1.54, 1.807) is 18.2 Å². The minimum Gasteiger partial charge on any atom is -0.516 e. The Balaban J connectivity index is 3.46. The normalized spacial score (nSPS) is 12.0. The average molecular weight is 122 g/mol. The molecule has 1 N–H and O–H groups in total. The van der Waals surface area contributed by atoms with Crippen LogP contribution in [-0.2, 0) is 0 Å². The largest absolute Gasteiger partial charge is 0.516 e. The van der Waals surface area contributed by atoms with E-state index in [0.717, 1.165) is 6.26 Å². The molecule has 0 bridgehead atoms. The van der Waals surface area contributed by atoms with Crippen LogP contribution in [0.2, 0.25) is 0 Å². The summed E-state index contributed by atoms with van der Waals surface area (Å²) >= 11 is 0. The van der Waals surface area contributed by atoms with Crippen LogP contribution >= 0.6 is 0 Å². The van der Waals surface area contributed by atoms with Gasteiger partial charge in [-0.05, 0) is 6.08 Å². The lowest BCUT2D eigenvalue weighted by molar-refractivity contribution is 0.474. The Kier molecular flexibility index (Phi) is 5.83.